The smallest absolute Gasteiger partial charge is 0.134 e. The molecule has 0 bridgehead atoms. The Morgan fingerprint density at radius 3 is 2.47 bits per heavy atom. The molecule has 3 rings (SSSR count). The summed E-state index contributed by atoms with van der Waals surface area (Å²) in [6.45, 7) is 0. The number of halogens is 2. The van der Waals surface area contributed by atoms with E-state index in [4.69, 9.17) is 0 Å². The molecule has 94 valence electrons. The minimum atomic E-state index is -0.590. The van der Waals surface area contributed by atoms with Gasteiger partial charge in [0.25, 0.3) is 0 Å². The van der Waals surface area contributed by atoms with Crippen LogP contribution in [0.3, 0.4) is 0 Å². The molecule has 0 N–H and O–H groups in total. The molecule has 0 amide bonds. The first-order chi connectivity index (χ1) is 9.24. The molecule has 0 aliphatic rings. The van der Waals surface area contributed by atoms with Gasteiger partial charge in [-0.25, -0.2) is 13.5 Å². The molecular weight excluding hydrogens is 246 g/mol. The Labute approximate surface area is 108 Å². The molecular formula is C15H10F2N2. The first-order valence-corrected chi connectivity index (χ1v) is 5.79. The van der Waals surface area contributed by atoms with E-state index in [0.29, 0.717) is 11.1 Å². The van der Waals surface area contributed by atoms with Gasteiger partial charge in [0.05, 0.1) is 11.9 Å². The predicted octanol–water partition coefficient (Wildman–Crippen LogP) is 3.82. The van der Waals surface area contributed by atoms with Crippen LogP contribution in [-0.4, -0.2) is 9.78 Å². The van der Waals surface area contributed by atoms with Crippen molar-refractivity contribution in [2.75, 3.05) is 0 Å². The van der Waals surface area contributed by atoms with E-state index in [1.807, 2.05) is 30.3 Å². The minimum Gasteiger partial charge on any atom is -0.240 e. The molecule has 0 spiro atoms. The first-order valence-electron chi connectivity index (χ1n) is 5.79. The molecule has 2 aromatic carbocycles. The van der Waals surface area contributed by atoms with Crippen molar-refractivity contribution in [2.45, 2.75) is 0 Å². The zero-order chi connectivity index (χ0) is 13.2. The molecule has 1 heterocycles. The van der Waals surface area contributed by atoms with Crippen LogP contribution in [-0.2, 0) is 0 Å². The molecule has 0 fully saturated rings. The van der Waals surface area contributed by atoms with Crippen LogP contribution >= 0.6 is 0 Å². The van der Waals surface area contributed by atoms with Crippen LogP contribution in [0.1, 0.15) is 0 Å². The molecule has 1 aromatic heterocycles. The van der Waals surface area contributed by atoms with Gasteiger partial charge in [0.15, 0.2) is 0 Å². The second kappa shape index (κ2) is 4.65. The maximum absolute atomic E-state index is 13.7. The van der Waals surface area contributed by atoms with Crippen molar-refractivity contribution < 1.29 is 8.78 Å². The summed E-state index contributed by atoms with van der Waals surface area (Å²) in [5.41, 5.74) is 1.83. The number of rotatable bonds is 2. The average Bonchev–Trinajstić information content (AvgIpc) is 2.89. The molecule has 0 radical (unpaired) electrons. The summed E-state index contributed by atoms with van der Waals surface area (Å²) in [7, 11) is 0. The molecule has 4 heteroatoms. The van der Waals surface area contributed by atoms with E-state index in [0.717, 1.165) is 11.8 Å². The fraction of sp³-hybridized carbons (Fsp3) is 0. The van der Waals surface area contributed by atoms with Crippen molar-refractivity contribution >= 4 is 0 Å². The SMILES string of the molecule is Fc1ccc(-c2cnn(-c3ccccc3)c2)c(F)c1. The van der Waals surface area contributed by atoms with Gasteiger partial charge in [-0.3, -0.25) is 0 Å². The van der Waals surface area contributed by atoms with Crippen LogP contribution in [0, 0.1) is 11.6 Å². The molecule has 0 saturated carbocycles. The van der Waals surface area contributed by atoms with Crippen LogP contribution in [0.25, 0.3) is 16.8 Å². The Kier molecular flexibility index (Phi) is 2.83. The van der Waals surface area contributed by atoms with Crippen LogP contribution in [0.5, 0.6) is 0 Å². The Hall–Kier alpha value is -2.49. The van der Waals surface area contributed by atoms with Crippen LogP contribution in [0.2, 0.25) is 0 Å². The van der Waals surface area contributed by atoms with Gasteiger partial charge in [-0.1, -0.05) is 18.2 Å². The molecule has 0 aliphatic carbocycles. The molecule has 0 aliphatic heterocycles. The highest BCUT2D eigenvalue weighted by Crippen LogP contribution is 2.23. The summed E-state index contributed by atoms with van der Waals surface area (Å²) in [6.07, 6.45) is 3.27. The van der Waals surface area contributed by atoms with Gasteiger partial charge in [0, 0.05) is 23.4 Å². The predicted molar refractivity (Wildman–Crippen MR) is 68.9 cm³/mol. The summed E-state index contributed by atoms with van der Waals surface area (Å²) < 4.78 is 28.2. The number of hydrogen-bond acceptors (Lipinski definition) is 1. The third-order valence-electron chi connectivity index (χ3n) is 2.85. The van der Waals surface area contributed by atoms with Crippen LogP contribution in [0.15, 0.2) is 60.9 Å². The van der Waals surface area contributed by atoms with Gasteiger partial charge in [0.1, 0.15) is 11.6 Å². The quantitative estimate of drug-likeness (QED) is 0.681. The monoisotopic (exact) mass is 256 g/mol. The maximum Gasteiger partial charge on any atom is 0.134 e. The lowest BCUT2D eigenvalue weighted by Crippen LogP contribution is -1.92. The average molecular weight is 256 g/mol. The highest BCUT2D eigenvalue weighted by molar-refractivity contribution is 5.63. The second-order valence-corrected chi connectivity index (χ2v) is 4.13. The van der Waals surface area contributed by atoms with E-state index in [-0.39, 0.29) is 0 Å². The van der Waals surface area contributed by atoms with E-state index in [2.05, 4.69) is 5.10 Å². The van der Waals surface area contributed by atoms with Crippen molar-refractivity contribution in [1.82, 2.24) is 9.78 Å². The second-order valence-electron chi connectivity index (χ2n) is 4.13. The zero-order valence-electron chi connectivity index (χ0n) is 9.92. The lowest BCUT2D eigenvalue weighted by atomic mass is 10.1. The van der Waals surface area contributed by atoms with Crippen molar-refractivity contribution in [2.24, 2.45) is 0 Å². The van der Waals surface area contributed by atoms with Gasteiger partial charge < -0.3 is 0 Å². The molecule has 0 atom stereocenters. The van der Waals surface area contributed by atoms with E-state index in [1.165, 1.54) is 12.1 Å². The zero-order valence-corrected chi connectivity index (χ0v) is 9.92. The topological polar surface area (TPSA) is 17.8 Å². The van der Waals surface area contributed by atoms with Gasteiger partial charge in [0.2, 0.25) is 0 Å². The number of aromatic nitrogens is 2. The lowest BCUT2D eigenvalue weighted by Gasteiger charge is -2.00. The Bertz CT molecular complexity index is 705. The summed E-state index contributed by atoms with van der Waals surface area (Å²) in [6, 6.07) is 13.0. The van der Waals surface area contributed by atoms with E-state index in [1.54, 1.807) is 17.1 Å². The van der Waals surface area contributed by atoms with Crippen molar-refractivity contribution in [1.29, 1.82) is 0 Å². The Morgan fingerprint density at radius 2 is 1.74 bits per heavy atom. The van der Waals surface area contributed by atoms with Gasteiger partial charge in [-0.05, 0) is 24.3 Å². The van der Waals surface area contributed by atoms with E-state index in [9.17, 15) is 8.78 Å². The van der Waals surface area contributed by atoms with Crippen molar-refractivity contribution in [3.8, 4) is 16.8 Å². The number of nitrogens with zero attached hydrogens (tertiary/aromatic N) is 2. The maximum atomic E-state index is 13.7. The van der Waals surface area contributed by atoms with Gasteiger partial charge in [-0.2, -0.15) is 5.10 Å². The van der Waals surface area contributed by atoms with Gasteiger partial charge in [-0.15, -0.1) is 0 Å². The highest BCUT2D eigenvalue weighted by atomic mass is 19.1. The number of hydrogen-bond donors (Lipinski definition) is 0. The Balaban J connectivity index is 2.02. The normalized spacial score (nSPS) is 10.6. The first kappa shape index (κ1) is 11.6. The van der Waals surface area contributed by atoms with Crippen molar-refractivity contribution in [3.05, 3.63) is 72.6 Å². The minimum absolute atomic E-state index is 0.337. The van der Waals surface area contributed by atoms with E-state index >= 15 is 0 Å². The van der Waals surface area contributed by atoms with E-state index < -0.39 is 11.6 Å². The Morgan fingerprint density at radius 1 is 0.947 bits per heavy atom. The summed E-state index contributed by atoms with van der Waals surface area (Å²) in [4.78, 5) is 0. The molecule has 19 heavy (non-hydrogen) atoms. The molecule has 0 saturated heterocycles. The third-order valence-corrected chi connectivity index (χ3v) is 2.85. The molecule has 2 nitrogen and oxygen atoms in total. The molecule has 0 unspecified atom stereocenters. The molecule has 3 aromatic rings. The standard InChI is InChI=1S/C15H10F2N2/c16-12-6-7-14(15(17)8-12)11-9-18-19(10-11)13-4-2-1-3-5-13/h1-10H. The fourth-order valence-electron chi connectivity index (χ4n) is 1.91. The van der Waals surface area contributed by atoms with Gasteiger partial charge >= 0.3 is 0 Å². The van der Waals surface area contributed by atoms with Crippen LogP contribution in [0.4, 0.5) is 8.78 Å². The van der Waals surface area contributed by atoms with Crippen LogP contribution < -0.4 is 0 Å². The fourth-order valence-corrected chi connectivity index (χ4v) is 1.91. The summed E-state index contributed by atoms with van der Waals surface area (Å²) in [5.74, 6) is -1.18. The summed E-state index contributed by atoms with van der Waals surface area (Å²) >= 11 is 0. The lowest BCUT2D eigenvalue weighted by molar-refractivity contribution is 0.585. The number of para-hydroxylation sites is 1. The largest absolute Gasteiger partial charge is 0.240 e. The summed E-state index contributed by atoms with van der Waals surface area (Å²) in [5, 5.41) is 4.18. The third kappa shape index (κ3) is 2.25. The highest BCUT2D eigenvalue weighted by Gasteiger charge is 2.09. The van der Waals surface area contributed by atoms with Crippen molar-refractivity contribution in [3.63, 3.8) is 0 Å². The number of benzene rings is 2.